The molecule has 0 radical (unpaired) electrons. The van der Waals surface area contributed by atoms with E-state index >= 15 is 0 Å². The number of amides is 1. The summed E-state index contributed by atoms with van der Waals surface area (Å²) in [6, 6.07) is 3.42. The number of nitrogens with one attached hydrogen (secondary N) is 1. The third-order valence-electron chi connectivity index (χ3n) is 2.46. The van der Waals surface area contributed by atoms with Crippen LogP contribution in [0.1, 0.15) is 26.3 Å². The standard InChI is InChI=1S/C15H22N2O5/c1-15(2,3)22-14(18)17-16-9-10-7-11(19-4)13(21-6)12(8-10)20-5/h7-9H,1-6H3,(H,17,18). The fraction of sp³-hybridized carbons (Fsp3) is 0.467. The summed E-state index contributed by atoms with van der Waals surface area (Å²) in [4.78, 5) is 11.5. The Morgan fingerprint density at radius 1 is 1.09 bits per heavy atom. The van der Waals surface area contributed by atoms with E-state index in [1.807, 2.05) is 0 Å². The van der Waals surface area contributed by atoms with Gasteiger partial charge in [-0.05, 0) is 32.9 Å². The summed E-state index contributed by atoms with van der Waals surface area (Å²) < 4.78 is 20.8. The first kappa shape index (κ1) is 17.6. The lowest BCUT2D eigenvalue weighted by molar-refractivity contribution is 0.0529. The number of carbonyl (C=O) groups is 1. The Hall–Kier alpha value is -2.44. The quantitative estimate of drug-likeness (QED) is 0.668. The minimum Gasteiger partial charge on any atom is -0.493 e. The van der Waals surface area contributed by atoms with Gasteiger partial charge >= 0.3 is 6.09 Å². The van der Waals surface area contributed by atoms with Crippen LogP contribution in [0.15, 0.2) is 17.2 Å². The molecular formula is C15H22N2O5. The van der Waals surface area contributed by atoms with Crippen LogP contribution in [0, 0.1) is 0 Å². The summed E-state index contributed by atoms with van der Waals surface area (Å²) in [5, 5.41) is 3.83. The van der Waals surface area contributed by atoms with E-state index < -0.39 is 11.7 Å². The lowest BCUT2D eigenvalue weighted by Gasteiger charge is -2.18. The lowest BCUT2D eigenvalue weighted by Crippen LogP contribution is -2.29. The molecule has 0 fully saturated rings. The molecular weight excluding hydrogens is 288 g/mol. The van der Waals surface area contributed by atoms with E-state index in [1.54, 1.807) is 32.9 Å². The summed E-state index contributed by atoms with van der Waals surface area (Å²) in [7, 11) is 4.58. The number of hydrogen-bond donors (Lipinski definition) is 1. The van der Waals surface area contributed by atoms with Crippen molar-refractivity contribution in [2.45, 2.75) is 26.4 Å². The number of hydrazone groups is 1. The van der Waals surface area contributed by atoms with Gasteiger partial charge in [-0.1, -0.05) is 0 Å². The normalized spacial score (nSPS) is 11.2. The summed E-state index contributed by atoms with van der Waals surface area (Å²) in [6.07, 6.45) is 0.824. The van der Waals surface area contributed by atoms with Crippen LogP contribution in [0.2, 0.25) is 0 Å². The number of methoxy groups -OCH3 is 3. The van der Waals surface area contributed by atoms with E-state index in [9.17, 15) is 4.79 Å². The smallest absolute Gasteiger partial charge is 0.428 e. The predicted octanol–water partition coefficient (Wildman–Crippen LogP) is 2.57. The molecule has 122 valence electrons. The molecule has 0 aliphatic carbocycles. The van der Waals surface area contributed by atoms with E-state index in [0.29, 0.717) is 22.8 Å². The van der Waals surface area contributed by atoms with Crippen molar-refractivity contribution in [2.75, 3.05) is 21.3 Å². The number of rotatable bonds is 5. The van der Waals surface area contributed by atoms with Crippen molar-refractivity contribution >= 4 is 12.3 Å². The Morgan fingerprint density at radius 2 is 1.64 bits per heavy atom. The fourth-order valence-corrected chi connectivity index (χ4v) is 1.64. The Bertz CT molecular complexity index is 524. The highest BCUT2D eigenvalue weighted by atomic mass is 16.6. The number of hydrogen-bond acceptors (Lipinski definition) is 6. The highest BCUT2D eigenvalue weighted by Gasteiger charge is 2.15. The molecule has 0 aromatic heterocycles. The van der Waals surface area contributed by atoms with Gasteiger partial charge < -0.3 is 18.9 Å². The summed E-state index contributed by atoms with van der Waals surface area (Å²) >= 11 is 0. The first-order valence-electron chi connectivity index (χ1n) is 6.62. The molecule has 1 N–H and O–H groups in total. The Kier molecular flexibility index (Phi) is 6.03. The van der Waals surface area contributed by atoms with Crippen molar-refractivity contribution < 1.29 is 23.7 Å². The summed E-state index contributed by atoms with van der Waals surface area (Å²) in [5.41, 5.74) is 2.38. The van der Waals surface area contributed by atoms with Crippen molar-refractivity contribution in [2.24, 2.45) is 5.10 Å². The second-order valence-corrected chi connectivity index (χ2v) is 5.33. The van der Waals surface area contributed by atoms with Gasteiger partial charge in [0.2, 0.25) is 5.75 Å². The SMILES string of the molecule is COc1cc(C=NNC(=O)OC(C)(C)C)cc(OC)c1OC. The van der Waals surface area contributed by atoms with Crippen molar-refractivity contribution in [1.82, 2.24) is 5.43 Å². The molecule has 7 nitrogen and oxygen atoms in total. The molecule has 1 aromatic carbocycles. The second kappa shape index (κ2) is 7.53. The number of benzene rings is 1. The van der Waals surface area contributed by atoms with Crippen LogP contribution in [0.3, 0.4) is 0 Å². The number of nitrogens with zero attached hydrogens (tertiary/aromatic N) is 1. The fourth-order valence-electron chi connectivity index (χ4n) is 1.64. The summed E-state index contributed by atoms with van der Waals surface area (Å²) in [6.45, 7) is 5.32. The van der Waals surface area contributed by atoms with Crippen molar-refractivity contribution in [3.05, 3.63) is 17.7 Å². The third kappa shape index (κ3) is 5.16. The molecule has 1 rings (SSSR count). The van der Waals surface area contributed by atoms with Gasteiger partial charge in [-0.2, -0.15) is 5.10 Å². The second-order valence-electron chi connectivity index (χ2n) is 5.33. The minimum atomic E-state index is -0.629. The van der Waals surface area contributed by atoms with E-state index in [1.165, 1.54) is 27.5 Å². The van der Waals surface area contributed by atoms with Crippen LogP contribution in [0.5, 0.6) is 17.2 Å². The minimum absolute atomic E-state index is 0.488. The zero-order chi connectivity index (χ0) is 16.8. The van der Waals surface area contributed by atoms with E-state index in [2.05, 4.69) is 10.5 Å². The maximum absolute atomic E-state index is 11.5. The van der Waals surface area contributed by atoms with Crippen LogP contribution in [-0.2, 0) is 4.74 Å². The summed E-state index contributed by atoms with van der Waals surface area (Å²) in [5.74, 6) is 1.49. The molecule has 0 aliphatic rings. The van der Waals surface area contributed by atoms with Gasteiger partial charge in [0.25, 0.3) is 0 Å². The Balaban J connectivity index is 2.85. The van der Waals surface area contributed by atoms with Gasteiger partial charge in [-0.25, -0.2) is 10.2 Å². The van der Waals surface area contributed by atoms with Crippen LogP contribution >= 0.6 is 0 Å². The van der Waals surface area contributed by atoms with Gasteiger partial charge in [-0.15, -0.1) is 0 Å². The molecule has 1 amide bonds. The number of ether oxygens (including phenoxy) is 4. The van der Waals surface area contributed by atoms with E-state index in [4.69, 9.17) is 18.9 Å². The van der Waals surface area contributed by atoms with Crippen molar-refractivity contribution in [3.8, 4) is 17.2 Å². The van der Waals surface area contributed by atoms with Gasteiger partial charge in [0.15, 0.2) is 11.5 Å². The third-order valence-corrected chi connectivity index (χ3v) is 2.46. The monoisotopic (exact) mass is 310 g/mol. The first-order valence-corrected chi connectivity index (χ1v) is 6.62. The van der Waals surface area contributed by atoms with Crippen LogP contribution in [-0.4, -0.2) is 39.2 Å². The van der Waals surface area contributed by atoms with Gasteiger partial charge in [0, 0.05) is 5.56 Å². The molecule has 0 saturated carbocycles. The average Bonchev–Trinajstić information content (AvgIpc) is 2.44. The molecule has 0 saturated heterocycles. The molecule has 1 aromatic rings. The lowest BCUT2D eigenvalue weighted by atomic mass is 10.2. The highest BCUT2D eigenvalue weighted by Crippen LogP contribution is 2.37. The molecule has 0 bridgehead atoms. The molecule has 0 aliphatic heterocycles. The first-order chi connectivity index (χ1) is 10.3. The molecule has 0 heterocycles. The molecule has 7 heteroatoms. The van der Waals surface area contributed by atoms with Crippen molar-refractivity contribution in [1.29, 1.82) is 0 Å². The van der Waals surface area contributed by atoms with Crippen LogP contribution in [0.4, 0.5) is 4.79 Å². The Labute approximate surface area is 130 Å². The van der Waals surface area contributed by atoms with Gasteiger partial charge in [0.05, 0.1) is 27.5 Å². The topological polar surface area (TPSA) is 78.4 Å². The molecule has 0 spiro atoms. The zero-order valence-electron chi connectivity index (χ0n) is 13.7. The average molecular weight is 310 g/mol. The largest absolute Gasteiger partial charge is 0.493 e. The zero-order valence-corrected chi connectivity index (χ0v) is 13.7. The van der Waals surface area contributed by atoms with E-state index in [0.717, 1.165) is 0 Å². The highest BCUT2D eigenvalue weighted by molar-refractivity contribution is 5.83. The van der Waals surface area contributed by atoms with Gasteiger partial charge in [-0.3, -0.25) is 0 Å². The van der Waals surface area contributed by atoms with Crippen LogP contribution < -0.4 is 19.6 Å². The Morgan fingerprint density at radius 3 is 2.05 bits per heavy atom. The molecule has 0 atom stereocenters. The maximum Gasteiger partial charge on any atom is 0.428 e. The number of carbonyl (C=O) groups excluding carboxylic acids is 1. The van der Waals surface area contributed by atoms with E-state index in [-0.39, 0.29) is 0 Å². The van der Waals surface area contributed by atoms with Crippen molar-refractivity contribution in [3.63, 3.8) is 0 Å². The maximum atomic E-state index is 11.5. The van der Waals surface area contributed by atoms with Gasteiger partial charge in [0.1, 0.15) is 5.60 Å². The van der Waals surface area contributed by atoms with Crippen LogP contribution in [0.25, 0.3) is 0 Å². The molecule has 0 unspecified atom stereocenters. The predicted molar refractivity (Wildman–Crippen MR) is 83.1 cm³/mol. The molecule has 22 heavy (non-hydrogen) atoms.